The van der Waals surface area contributed by atoms with E-state index in [1.807, 2.05) is 12.1 Å². The highest BCUT2D eigenvalue weighted by Gasteiger charge is 2.47. The Morgan fingerprint density at radius 3 is 2.53 bits per heavy atom. The number of nitrogens with one attached hydrogen (secondary N) is 1. The van der Waals surface area contributed by atoms with Crippen molar-refractivity contribution >= 4 is 27.1 Å². The van der Waals surface area contributed by atoms with E-state index in [-0.39, 0.29) is 22.6 Å². The summed E-state index contributed by atoms with van der Waals surface area (Å²) < 4.78 is 24.1. The van der Waals surface area contributed by atoms with Crippen molar-refractivity contribution in [3.63, 3.8) is 0 Å². The van der Waals surface area contributed by atoms with E-state index >= 15 is 0 Å². The molecule has 0 heterocycles. The highest BCUT2D eigenvalue weighted by Crippen LogP contribution is 2.46. The van der Waals surface area contributed by atoms with Gasteiger partial charge in [-0.15, -0.1) is 11.6 Å². The first-order valence-corrected chi connectivity index (χ1v) is 8.60. The van der Waals surface area contributed by atoms with Crippen molar-refractivity contribution in [2.75, 3.05) is 11.1 Å². The van der Waals surface area contributed by atoms with Crippen LogP contribution in [0.25, 0.3) is 0 Å². The van der Waals surface area contributed by atoms with Crippen LogP contribution in [0.2, 0.25) is 0 Å². The van der Waals surface area contributed by atoms with Crippen LogP contribution in [0.3, 0.4) is 0 Å². The maximum Gasteiger partial charge on any atom is 0.180 e. The second-order valence-electron chi connectivity index (χ2n) is 5.62. The second-order valence-corrected chi connectivity index (χ2v) is 8.39. The molecular formula is C14H20ClNO2S. The lowest BCUT2D eigenvalue weighted by molar-refractivity contribution is 0.168. The third kappa shape index (κ3) is 2.61. The number of para-hydroxylation sites is 1. The lowest BCUT2D eigenvalue weighted by atomic mass is 9.66. The zero-order chi connectivity index (χ0) is 14.3. The lowest BCUT2D eigenvalue weighted by Gasteiger charge is -2.49. The average Bonchev–Trinajstić information content (AvgIpc) is 2.39. The molecule has 1 aliphatic carbocycles. The highest BCUT2D eigenvalue weighted by atomic mass is 35.5. The standard InChI is InChI=1S/C14H20ClNO2S/c1-4-19(17,18)11-8-6-5-7-10(11)16-13-9-12(15)14(13,2)3/h5-8,12-13,16H,4,9H2,1-3H3. The number of alkyl halides is 1. The predicted molar refractivity (Wildman–Crippen MR) is 79.6 cm³/mol. The van der Waals surface area contributed by atoms with Crippen molar-refractivity contribution in [3.8, 4) is 0 Å². The molecule has 2 rings (SSSR count). The molecule has 1 aromatic carbocycles. The molecule has 0 bridgehead atoms. The monoisotopic (exact) mass is 301 g/mol. The lowest BCUT2D eigenvalue weighted by Crippen LogP contribution is -2.54. The summed E-state index contributed by atoms with van der Waals surface area (Å²) in [6, 6.07) is 7.29. The van der Waals surface area contributed by atoms with Crippen LogP contribution in [0.5, 0.6) is 0 Å². The summed E-state index contributed by atoms with van der Waals surface area (Å²) in [6.45, 7) is 5.86. The van der Waals surface area contributed by atoms with Crippen molar-refractivity contribution in [3.05, 3.63) is 24.3 Å². The van der Waals surface area contributed by atoms with E-state index in [1.165, 1.54) is 0 Å². The third-order valence-electron chi connectivity index (χ3n) is 4.08. The van der Waals surface area contributed by atoms with Crippen molar-refractivity contribution in [2.24, 2.45) is 5.41 Å². The fourth-order valence-electron chi connectivity index (χ4n) is 2.32. The van der Waals surface area contributed by atoms with Gasteiger partial charge in [0, 0.05) is 16.8 Å². The normalized spacial score (nSPS) is 25.7. The van der Waals surface area contributed by atoms with E-state index in [4.69, 9.17) is 11.6 Å². The molecule has 1 aromatic rings. The molecule has 106 valence electrons. The van der Waals surface area contributed by atoms with E-state index in [1.54, 1.807) is 19.1 Å². The van der Waals surface area contributed by atoms with Crippen LogP contribution >= 0.6 is 11.6 Å². The van der Waals surface area contributed by atoms with Gasteiger partial charge < -0.3 is 5.32 Å². The first-order chi connectivity index (χ1) is 8.79. The van der Waals surface area contributed by atoms with Gasteiger partial charge in [-0.25, -0.2) is 8.42 Å². The van der Waals surface area contributed by atoms with Crippen molar-refractivity contribution in [1.29, 1.82) is 0 Å². The number of hydrogen-bond donors (Lipinski definition) is 1. The molecule has 2 unspecified atom stereocenters. The first kappa shape index (κ1) is 14.7. The maximum atomic E-state index is 12.1. The number of halogens is 1. The highest BCUT2D eigenvalue weighted by molar-refractivity contribution is 7.91. The molecular weight excluding hydrogens is 282 g/mol. The zero-order valence-electron chi connectivity index (χ0n) is 11.5. The van der Waals surface area contributed by atoms with E-state index in [0.717, 1.165) is 6.42 Å². The number of hydrogen-bond acceptors (Lipinski definition) is 3. The number of sulfone groups is 1. The molecule has 1 fully saturated rings. The minimum absolute atomic E-state index is 0.0232. The van der Waals surface area contributed by atoms with Gasteiger partial charge in [0.2, 0.25) is 0 Å². The molecule has 0 radical (unpaired) electrons. The van der Waals surface area contributed by atoms with E-state index in [0.29, 0.717) is 10.6 Å². The predicted octanol–water partition coefficient (Wildman–Crippen LogP) is 3.30. The summed E-state index contributed by atoms with van der Waals surface area (Å²) in [5.41, 5.74) is 0.663. The van der Waals surface area contributed by atoms with Gasteiger partial charge in [0.25, 0.3) is 0 Å². The van der Waals surface area contributed by atoms with E-state index < -0.39 is 9.84 Å². The topological polar surface area (TPSA) is 46.2 Å². The Morgan fingerprint density at radius 1 is 1.37 bits per heavy atom. The van der Waals surface area contributed by atoms with E-state index in [2.05, 4.69) is 19.2 Å². The van der Waals surface area contributed by atoms with Gasteiger partial charge >= 0.3 is 0 Å². The molecule has 5 heteroatoms. The Balaban J connectivity index is 2.28. The van der Waals surface area contributed by atoms with Gasteiger partial charge in [-0.1, -0.05) is 32.9 Å². The smallest absolute Gasteiger partial charge is 0.180 e. The van der Waals surface area contributed by atoms with Gasteiger partial charge in [0.1, 0.15) is 0 Å². The summed E-state index contributed by atoms with van der Waals surface area (Å²) in [7, 11) is -3.20. The number of rotatable bonds is 4. The Labute approximate surface area is 120 Å². The first-order valence-electron chi connectivity index (χ1n) is 6.51. The van der Waals surface area contributed by atoms with Crippen molar-refractivity contribution < 1.29 is 8.42 Å². The van der Waals surface area contributed by atoms with Gasteiger partial charge in [-0.05, 0) is 18.6 Å². The van der Waals surface area contributed by atoms with Crippen LogP contribution in [-0.4, -0.2) is 25.6 Å². The molecule has 1 N–H and O–H groups in total. The Bertz CT molecular complexity index is 569. The molecule has 0 amide bonds. The van der Waals surface area contributed by atoms with Gasteiger partial charge in [0.15, 0.2) is 9.84 Å². The largest absolute Gasteiger partial charge is 0.381 e. The second kappa shape index (κ2) is 4.98. The maximum absolute atomic E-state index is 12.1. The third-order valence-corrected chi connectivity index (χ3v) is 6.61. The van der Waals surface area contributed by atoms with Crippen LogP contribution in [0.1, 0.15) is 27.2 Å². The number of benzene rings is 1. The Kier molecular flexibility index (Phi) is 3.85. The number of anilines is 1. The Hall–Kier alpha value is -0.740. The molecule has 3 nitrogen and oxygen atoms in total. The summed E-state index contributed by atoms with van der Waals surface area (Å²) in [5.74, 6) is 0.109. The molecule has 0 saturated heterocycles. The molecule has 1 aliphatic rings. The molecule has 19 heavy (non-hydrogen) atoms. The van der Waals surface area contributed by atoms with Crippen molar-refractivity contribution in [1.82, 2.24) is 0 Å². The summed E-state index contributed by atoms with van der Waals surface area (Å²) in [5, 5.41) is 3.48. The van der Waals surface area contributed by atoms with Gasteiger partial charge in [-0.3, -0.25) is 0 Å². The average molecular weight is 302 g/mol. The van der Waals surface area contributed by atoms with Crippen molar-refractivity contribution in [2.45, 2.75) is 43.5 Å². The van der Waals surface area contributed by atoms with Crippen LogP contribution < -0.4 is 5.32 Å². The zero-order valence-corrected chi connectivity index (χ0v) is 13.1. The van der Waals surface area contributed by atoms with Crippen LogP contribution in [0.15, 0.2) is 29.2 Å². The minimum atomic E-state index is -3.20. The minimum Gasteiger partial charge on any atom is -0.381 e. The van der Waals surface area contributed by atoms with Crippen LogP contribution in [0.4, 0.5) is 5.69 Å². The summed E-state index contributed by atoms with van der Waals surface area (Å²) in [6.07, 6.45) is 0.856. The fraction of sp³-hybridized carbons (Fsp3) is 0.571. The molecule has 0 aliphatic heterocycles. The quantitative estimate of drug-likeness (QED) is 0.868. The van der Waals surface area contributed by atoms with E-state index in [9.17, 15) is 8.42 Å². The van der Waals surface area contributed by atoms with Gasteiger partial charge in [-0.2, -0.15) is 0 Å². The summed E-state index contributed by atoms with van der Waals surface area (Å²) in [4.78, 5) is 0.381. The molecule has 0 aromatic heterocycles. The van der Waals surface area contributed by atoms with Crippen LogP contribution in [-0.2, 0) is 9.84 Å². The molecule has 1 saturated carbocycles. The summed E-state index contributed by atoms with van der Waals surface area (Å²) >= 11 is 6.20. The molecule has 0 spiro atoms. The van der Waals surface area contributed by atoms with Gasteiger partial charge in [0.05, 0.1) is 16.3 Å². The SMILES string of the molecule is CCS(=O)(=O)c1ccccc1NC1CC(Cl)C1(C)C. The Morgan fingerprint density at radius 2 is 2.00 bits per heavy atom. The fourth-order valence-corrected chi connectivity index (χ4v) is 3.71. The van der Waals surface area contributed by atoms with Crippen LogP contribution in [0, 0.1) is 5.41 Å². The molecule has 2 atom stereocenters.